The smallest absolute Gasteiger partial charge is 0.190 e. The Bertz CT molecular complexity index is 379. The lowest BCUT2D eigenvalue weighted by Gasteiger charge is -2.06. The largest absolute Gasteiger partial charge is 0.359 e. The number of hydrogen-bond acceptors (Lipinski definition) is 3. The van der Waals surface area contributed by atoms with Crippen molar-refractivity contribution in [3.8, 4) is 0 Å². The van der Waals surface area contributed by atoms with Gasteiger partial charge in [0.2, 0.25) is 0 Å². The fraction of sp³-hybridized carbons (Fsp3) is 0.667. The zero-order chi connectivity index (χ0) is 12.1. The first kappa shape index (κ1) is 15.7. The molecule has 1 aromatic heterocycles. The first-order chi connectivity index (χ1) is 8.33. The Labute approximate surface area is 130 Å². The molecular weight excluding hydrogens is 359 g/mol. The van der Waals surface area contributed by atoms with E-state index in [1.165, 1.54) is 41.3 Å². The molecule has 1 aromatic rings. The van der Waals surface area contributed by atoms with Crippen LogP contribution in [-0.4, -0.2) is 31.6 Å². The van der Waals surface area contributed by atoms with Crippen LogP contribution in [0.5, 0.6) is 0 Å². The van der Waals surface area contributed by atoms with Gasteiger partial charge in [-0.1, -0.05) is 0 Å². The molecule has 18 heavy (non-hydrogen) atoms. The molecule has 0 unspecified atom stereocenters. The molecule has 0 aliphatic heterocycles. The van der Waals surface area contributed by atoms with Crippen molar-refractivity contribution >= 4 is 41.3 Å². The number of thiazole rings is 1. The Morgan fingerprint density at radius 2 is 2.17 bits per heavy atom. The van der Waals surface area contributed by atoms with E-state index >= 15 is 0 Å². The molecule has 4 nitrogen and oxygen atoms in total. The van der Waals surface area contributed by atoms with Crippen LogP contribution in [0.15, 0.2) is 4.99 Å². The summed E-state index contributed by atoms with van der Waals surface area (Å²) in [6.07, 6.45) is 6.04. The minimum Gasteiger partial charge on any atom is -0.359 e. The zero-order valence-electron chi connectivity index (χ0n) is 11.0. The van der Waals surface area contributed by atoms with Gasteiger partial charge in [-0.2, -0.15) is 0 Å². The minimum absolute atomic E-state index is 0. The lowest BCUT2D eigenvalue weighted by molar-refractivity contribution is 0.680. The van der Waals surface area contributed by atoms with Crippen molar-refractivity contribution in [3.05, 3.63) is 15.6 Å². The Balaban J connectivity index is 0.00000162. The first-order valence-corrected chi connectivity index (χ1v) is 7.01. The number of nitrogens with zero attached hydrogens (tertiary/aromatic N) is 2. The van der Waals surface area contributed by atoms with Gasteiger partial charge in [-0.25, -0.2) is 4.98 Å². The van der Waals surface area contributed by atoms with E-state index in [0.717, 1.165) is 18.9 Å². The third-order valence-corrected chi connectivity index (χ3v) is 4.20. The molecule has 1 aliphatic carbocycles. The van der Waals surface area contributed by atoms with Crippen LogP contribution in [0.25, 0.3) is 0 Å². The summed E-state index contributed by atoms with van der Waals surface area (Å²) in [7, 11) is 3.65. The van der Waals surface area contributed by atoms with E-state index in [2.05, 4.69) is 15.6 Å². The second-order valence-electron chi connectivity index (χ2n) is 4.18. The Hall–Kier alpha value is -0.370. The van der Waals surface area contributed by atoms with Crippen molar-refractivity contribution in [2.24, 2.45) is 4.99 Å². The van der Waals surface area contributed by atoms with E-state index in [4.69, 9.17) is 4.98 Å². The topological polar surface area (TPSA) is 49.3 Å². The van der Waals surface area contributed by atoms with Gasteiger partial charge < -0.3 is 10.6 Å². The maximum absolute atomic E-state index is 4.72. The van der Waals surface area contributed by atoms with Gasteiger partial charge in [-0.05, 0) is 25.7 Å². The van der Waals surface area contributed by atoms with Gasteiger partial charge in [0, 0.05) is 31.9 Å². The van der Waals surface area contributed by atoms with E-state index in [1.54, 1.807) is 7.05 Å². The Morgan fingerprint density at radius 3 is 2.83 bits per heavy atom. The summed E-state index contributed by atoms with van der Waals surface area (Å²) in [4.78, 5) is 10.3. The number of halogens is 1. The number of hydrogen-bond donors (Lipinski definition) is 2. The molecule has 2 rings (SSSR count). The lowest BCUT2D eigenvalue weighted by Crippen LogP contribution is -2.35. The van der Waals surface area contributed by atoms with Crippen molar-refractivity contribution in [1.82, 2.24) is 15.6 Å². The molecule has 0 radical (unpaired) electrons. The molecule has 0 atom stereocenters. The van der Waals surface area contributed by atoms with Crippen molar-refractivity contribution < 1.29 is 0 Å². The number of guanidine groups is 1. The predicted octanol–water partition coefficient (Wildman–Crippen LogP) is 1.98. The summed E-state index contributed by atoms with van der Waals surface area (Å²) in [5, 5.41) is 7.52. The molecular formula is C12H21IN4S. The Kier molecular flexibility index (Phi) is 6.91. The maximum atomic E-state index is 4.72. The quantitative estimate of drug-likeness (QED) is 0.479. The summed E-state index contributed by atoms with van der Waals surface area (Å²) in [6.45, 7) is 0.889. The molecule has 0 fully saturated rings. The van der Waals surface area contributed by atoms with Crippen LogP contribution in [0.1, 0.15) is 28.4 Å². The van der Waals surface area contributed by atoms with E-state index in [0.29, 0.717) is 0 Å². The van der Waals surface area contributed by atoms with Crippen LogP contribution in [0.3, 0.4) is 0 Å². The molecule has 0 spiro atoms. The molecule has 102 valence electrons. The molecule has 0 saturated carbocycles. The number of aromatic nitrogens is 1. The van der Waals surface area contributed by atoms with Crippen molar-refractivity contribution in [2.75, 3.05) is 20.6 Å². The van der Waals surface area contributed by atoms with Crippen molar-refractivity contribution in [1.29, 1.82) is 0 Å². The summed E-state index contributed by atoms with van der Waals surface area (Å²) in [5.74, 6) is 0.839. The van der Waals surface area contributed by atoms with Crippen molar-refractivity contribution in [3.63, 3.8) is 0 Å². The van der Waals surface area contributed by atoms with E-state index in [-0.39, 0.29) is 24.0 Å². The second kappa shape index (κ2) is 7.93. The van der Waals surface area contributed by atoms with Gasteiger partial charge >= 0.3 is 0 Å². The second-order valence-corrected chi connectivity index (χ2v) is 5.35. The number of aryl methyl sites for hydroxylation is 2. The predicted molar refractivity (Wildman–Crippen MR) is 88.3 cm³/mol. The third-order valence-electron chi connectivity index (χ3n) is 2.98. The van der Waals surface area contributed by atoms with Crippen LogP contribution < -0.4 is 10.6 Å². The zero-order valence-corrected chi connectivity index (χ0v) is 14.1. The highest BCUT2D eigenvalue weighted by molar-refractivity contribution is 14.0. The number of rotatable bonds is 3. The maximum Gasteiger partial charge on any atom is 0.190 e. The van der Waals surface area contributed by atoms with Crippen LogP contribution in [-0.2, 0) is 19.3 Å². The highest BCUT2D eigenvalue weighted by Gasteiger charge is 2.14. The highest BCUT2D eigenvalue weighted by atomic mass is 127. The van der Waals surface area contributed by atoms with Gasteiger partial charge in [0.1, 0.15) is 0 Å². The lowest BCUT2D eigenvalue weighted by atomic mass is 10.0. The summed E-state index contributed by atoms with van der Waals surface area (Å²) < 4.78 is 0. The monoisotopic (exact) mass is 380 g/mol. The minimum atomic E-state index is 0. The van der Waals surface area contributed by atoms with Crippen LogP contribution in [0, 0.1) is 0 Å². The normalized spacial score (nSPS) is 14.7. The third kappa shape index (κ3) is 4.08. The molecule has 6 heteroatoms. The van der Waals surface area contributed by atoms with Gasteiger partial charge in [0.25, 0.3) is 0 Å². The summed E-state index contributed by atoms with van der Waals surface area (Å²) in [5.41, 5.74) is 1.36. The van der Waals surface area contributed by atoms with Gasteiger partial charge in [0.05, 0.1) is 10.7 Å². The standard InChI is InChI=1S/C12H20N4S.HI/c1-13-12(14-2)15-8-7-11-16-9-5-3-4-6-10(9)17-11;/h3-8H2,1-2H3,(H2,13,14,15);1H. The Morgan fingerprint density at radius 1 is 1.39 bits per heavy atom. The molecule has 0 aromatic carbocycles. The van der Waals surface area contributed by atoms with Crippen LogP contribution >= 0.6 is 35.3 Å². The van der Waals surface area contributed by atoms with Gasteiger partial charge in [0.15, 0.2) is 5.96 Å². The molecule has 0 amide bonds. The molecule has 2 N–H and O–H groups in total. The van der Waals surface area contributed by atoms with Crippen molar-refractivity contribution in [2.45, 2.75) is 32.1 Å². The first-order valence-electron chi connectivity index (χ1n) is 6.19. The highest BCUT2D eigenvalue weighted by Crippen LogP contribution is 2.26. The number of fused-ring (bicyclic) bond motifs is 1. The van der Waals surface area contributed by atoms with Gasteiger partial charge in [-0.15, -0.1) is 35.3 Å². The SMILES string of the molecule is CN=C(NC)NCCc1nc2c(s1)CCCC2.I. The van der Waals surface area contributed by atoms with E-state index in [1.807, 2.05) is 18.4 Å². The number of aliphatic imine (C=N–C) groups is 1. The molecule has 1 heterocycles. The van der Waals surface area contributed by atoms with Gasteiger partial charge in [-0.3, -0.25) is 4.99 Å². The fourth-order valence-electron chi connectivity index (χ4n) is 2.08. The summed E-state index contributed by atoms with van der Waals surface area (Å²) >= 11 is 1.89. The van der Waals surface area contributed by atoms with Crippen LogP contribution in [0.4, 0.5) is 0 Å². The van der Waals surface area contributed by atoms with E-state index in [9.17, 15) is 0 Å². The average Bonchev–Trinajstić information content (AvgIpc) is 2.77. The summed E-state index contributed by atoms with van der Waals surface area (Å²) in [6, 6.07) is 0. The number of nitrogens with one attached hydrogen (secondary N) is 2. The molecule has 1 aliphatic rings. The molecule has 0 bridgehead atoms. The van der Waals surface area contributed by atoms with E-state index < -0.39 is 0 Å². The van der Waals surface area contributed by atoms with Crippen LogP contribution in [0.2, 0.25) is 0 Å². The fourth-order valence-corrected chi connectivity index (χ4v) is 3.24. The average molecular weight is 380 g/mol. The molecule has 0 saturated heterocycles.